The van der Waals surface area contributed by atoms with Crippen LogP contribution in [0.3, 0.4) is 0 Å². The van der Waals surface area contributed by atoms with Gasteiger partial charge in [-0.15, -0.1) is 0 Å². The maximum Gasteiger partial charge on any atom is 0.261 e. The Morgan fingerprint density at radius 2 is 1.56 bits per heavy atom. The van der Waals surface area contributed by atoms with E-state index in [-0.39, 0.29) is 23.2 Å². The molecule has 0 saturated carbocycles. The summed E-state index contributed by atoms with van der Waals surface area (Å²) in [6.07, 6.45) is 9.71. The van der Waals surface area contributed by atoms with Crippen LogP contribution in [0.1, 0.15) is 45.7 Å². The molecule has 6 rings (SSSR count). The Bertz CT molecular complexity index is 2130. The van der Waals surface area contributed by atoms with E-state index in [2.05, 4.69) is 15.0 Å². The summed E-state index contributed by atoms with van der Waals surface area (Å²) in [6.45, 7) is 8.13. The summed E-state index contributed by atoms with van der Waals surface area (Å²) < 4.78 is 33.4. The molecule has 1 aliphatic heterocycles. The third-order valence-corrected chi connectivity index (χ3v) is 8.35. The molecule has 11 nitrogen and oxygen atoms in total. The second-order valence-corrected chi connectivity index (χ2v) is 14.2. The molecule has 0 aliphatic carbocycles. The highest BCUT2D eigenvalue weighted by Gasteiger charge is 2.20. The van der Waals surface area contributed by atoms with Crippen molar-refractivity contribution in [1.82, 2.24) is 19.5 Å². The lowest BCUT2D eigenvalue weighted by atomic mass is 9.97. The number of hydrogen-bond donors (Lipinski definition) is 2. The van der Waals surface area contributed by atoms with Gasteiger partial charge in [0, 0.05) is 79.0 Å². The van der Waals surface area contributed by atoms with Gasteiger partial charge in [0.15, 0.2) is 11.2 Å². The number of anilines is 1. The maximum atomic E-state index is 13.7. The van der Waals surface area contributed by atoms with Gasteiger partial charge < -0.3 is 15.0 Å². The summed E-state index contributed by atoms with van der Waals surface area (Å²) >= 11 is 0. The highest BCUT2D eigenvalue weighted by atomic mass is 32.2. The number of ketones is 1. The monoisotopic (exact) mass is 695 g/mol. The van der Waals surface area contributed by atoms with Gasteiger partial charge in [0.05, 0.1) is 17.5 Å². The first-order valence-corrected chi connectivity index (χ1v) is 18.1. The molecule has 0 unspecified atom stereocenters. The van der Waals surface area contributed by atoms with Crippen molar-refractivity contribution in [3.8, 4) is 33.5 Å². The van der Waals surface area contributed by atoms with Crippen molar-refractivity contribution in [1.29, 1.82) is 0 Å². The molecule has 0 radical (unpaired) electrons. The molecule has 1 aliphatic rings. The van der Waals surface area contributed by atoms with Crippen LogP contribution in [0.15, 0.2) is 84.2 Å². The number of rotatable bonds is 8. The average Bonchev–Trinajstić information content (AvgIpc) is 3.06. The van der Waals surface area contributed by atoms with Crippen molar-refractivity contribution in [2.75, 3.05) is 25.2 Å². The van der Waals surface area contributed by atoms with Crippen molar-refractivity contribution in [3.63, 3.8) is 0 Å². The Kier molecular flexibility index (Phi) is 11.4. The number of nitrogen functional groups attached to an aromatic ring is 1. The van der Waals surface area contributed by atoms with Gasteiger partial charge >= 0.3 is 0 Å². The van der Waals surface area contributed by atoms with E-state index in [4.69, 9.17) is 15.0 Å². The van der Waals surface area contributed by atoms with Crippen LogP contribution in [0.2, 0.25) is 0 Å². The smallest absolute Gasteiger partial charge is 0.261 e. The third kappa shape index (κ3) is 9.78. The first-order valence-electron chi connectivity index (χ1n) is 16.2. The number of ether oxygens (including phenoxy) is 1. The minimum absolute atomic E-state index is 0.0560. The number of Topliss-reactive ketones (excluding diaryl/α,β-unsaturated/α-hetero) is 1. The maximum absolute atomic E-state index is 13.7. The molecular weight excluding hydrogens is 655 g/mol. The number of hydrogen-bond acceptors (Lipinski definition) is 9. The van der Waals surface area contributed by atoms with Crippen LogP contribution < -0.4 is 11.2 Å². The number of nitrogens with zero attached hydrogens (tertiary/aromatic N) is 4. The molecule has 1 aromatic carbocycles. The third-order valence-electron chi connectivity index (χ3n) is 8.35. The first kappa shape index (κ1) is 36.2. The molecule has 0 amide bonds. The van der Waals surface area contributed by atoms with Crippen LogP contribution in [0.5, 0.6) is 0 Å². The fourth-order valence-electron chi connectivity index (χ4n) is 5.91. The summed E-state index contributed by atoms with van der Waals surface area (Å²) in [7, 11) is -3.67. The Balaban J connectivity index is 0.000000908. The highest BCUT2D eigenvalue weighted by molar-refractivity contribution is 7.85. The van der Waals surface area contributed by atoms with Gasteiger partial charge in [-0.1, -0.05) is 35.9 Å². The molecule has 50 heavy (non-hydrogen) atoms. The molecule has 1 saturated heterocycles. The molecule has 5 heterocycles. The predicted molar refractivity (Wildman–Crippen MR) is 195 cm³/mol. The van der Waals surface area contributed by atoms with Crippen LogP contribution in [-0.2, 0) is 27.8 Å². The summed E-state index contributed by atoms with van der Waals surface area (Å²) in [5.74, 6) is 0.560. The SMILES string of the molecule is CS(=O)(=O)O.Cc1ccc(-c2cn(CC3CCOCC3)cc(C(=O)Cc3ccc(-c4cc(-c5cc(C)nc(C)c5)cnc4N)nc3)c2=O)cc1. The van der Waals surface area contributed by atoms with Gasteiger partial charge in [0.1, 0.15) is 5.82 Å². The van der Waals surface area contributed by atoms with E-state index in [0.717, 1.165) is 66.2 Å². The van der Waals surface area contributed by atoms with Crippen LogP contribution >= 0.6 is 0 Å². The summed E-state index contributed by atoms with van der Waals surface area (Å²) in [5.41, 5.74) is 14.5. The van der Waals surface area contributed by atoms with Crippen molar-refractivity contribution >= 4 is 21.7 Å². The minimum atomic E-state index is -3.67. The number of aromatic nitrogens is 4. The molecule has 5 aromatic rings. The molecule has 4 aromatic heterocycles. The predicted octanol–water partition coefficient (Wildman–Crippen LogP) is 5.90. The van der Waals surface area contributed by atoms with Gasteiger partial charge in [0.25, 0.3) is 10.1 Å². The van der Waals surface area contributed by atoms with Gasteiger partial charge in [-0.3, -0.25) is 24.1 Å². The molecule has 260 valence electrons. The van der Waals surface area contributed by atoms with Crippen molar-refractivity contribution in [2.24, 2.45) is 5.92 Å². The van der Waals surface area contributed by atoms with Crippen LogP contribution in [0.25, 0.3) is 33.5 Å². The minimum Gasteiger partial charge on any atom is -0.383 e. The van der Waals surface area contributed by atoms with E-state index < -0.39 is 10.1 Å². The largest absolute Gasteiger partial charge is 0.383 e. The summed E-state index contributed by atoms with van der Waals surface area (Å²) in [6, 6.07) is 17.5. The van der Waals surface area contributed by atoms with E-state index in [9.17, 15) is 18.0 Å². The number of benzene rings is 1. The van der Waals surface area contributed by atoms with Crippen LogP contribution in [0.4, 0.5) is 5.82 Å². The molecule has 0 spiro atoms. The zero-order valence-electron chi connectivity index (χ0n) is 28.6. The normalized spacial score (nSPS) is 13.4. The lowest BCUT2D eigenvalue weighted by Crippen LogP contribution is -2.25. The molecule has 0 atom stereocenters. The van der Waals surface area contributed by atoms with Gasteiger partial charge in [-0.25, -0.2) is 4.98 Å². The Morgan fingerprint density at radius 3 is 2.18 bits per heavy atom. The van der Waals surface area contributed by atoms with Crippen LogP contribution in [-0.4, -0.2) is 57.7 Å². The fourth-order valence-corrected chi connectivity index (χ4v) is 5.91. The lowest BCUT2D eigenvalue weighted by Gasteiger charge is -2.23. The number of nitrogens with two attached hydrogens (primary N) is 1. The van der Waals surface area contributed by atoms with Crippen molar-refractivity contribution in [3.05, 3.63) is 118 Å². The quantitative estimate of drug-likeness (QED) is 0.147. The fraction of sp³-hybridized carbons (Fsp3) is 0.289. The second-order valence-electron chi connectivity index (χ2n) is 12.7. The second kappa shape index (κ2) is 15.7. The molecular formula is C38H41N5O6S. The molecule has 0 bridgehead atoms. The van der Waals surface area contributed by atoms with Gasteiger partial charge in [-0.2, -0.15) is 8.42 Å². The van der Waals surface area contributed by atoms with E-state index in [1.54, 1.807) is 18.6 Å². The van der Waals surface area contributed by atoms with Gasteiger partial charge in [-0.05, 0) is 80.5 Å². The van der Waals surface area contributed by atoms with Crippen LogP contribution in [0, 0.1) is 26.7 Å². The zero-order valence-corrected chi connectivity index (χ0v) is 29.4. The molecule has 1 fully saturated rings. The molecule has 3 N–H and O–H groups in total. The number of carbonyl (C=O) groups is 1. The number of pyridine rings is 4. The summed E-state index contributed by atoms with van der Waals surface area (Å²) in [5, 5.41) is 0. The summed E-state index contributed by atoms with van der Waals surface area (Å²) in [4.78, 5) is 40.9. The number of carbonyl (C=O) groups excluding carboxylic acids is 1. The van der Waals surface area contributed by atoms with Gasteiger partial charge in [0.2, 0.25) is 0 Å². The Labute approximate surface area is 292 Å². The Morgan fingerprint density at radius 1 is 0.900 bits per heavy atom. The Hall–Kier alpha value is -5.04. The first-order chi connectivity index (χ1) is 23.7. The highest BCUT2D eigenvalue weighted by Crippen LogP contribution is 2.29. The van der Waals surface area contributed by atoms with E-state index in [1.807, 2.05) is 86.1 Å². The lowest BCUT2D eigenvalue weighted by molar-refractivity contribution is 0.0612. The van der Waals surface area contributed by atoms with E-state index >= 15 is 0 Å². The van der Waals surface area contributed by atoms with Crippen molar-refractivity contribution < 1.29 is 22.5 Å². The zero-order chi connectivity index (χ0) is 36.0. The average molecular weight is 696 g/mol. The van der Waals surface area contributed by atoms with Crippen molar-refractivity contribution in [2.45, 2.75) is 46.6 Å². The number of aryl methyl sites for hydroxylation is 3. The van der Waals surface area contributed by atoms with E-state index in [1.165, 1.54) is 0 Å². The standard InChI is InChI=1S/C37H37N5O3.CH4O3S/c1-23-4-7-28(8-5-23)32-21-42(20-26-10-12-45-13-11-26)22-33(36(32)44)35(43)16-27-6-9-34(39-18-27)31-17-30(19-40-37(31)38)29-14-24(2)41-25(3)15-29;1-5(2,3)4/h4-9,14-15,17-19,21-22,26H,10-13,16,20H2,1-3H3,(H2,38,40);1H3,(H,2,3,4). The molecule has 12 heteroatoms. The topological polar surface area (TPSA) is 167 Å². The van der Waals surface area contributed by atoms with E-state index in [0.29, 0.717) is 40.4 Å².